The highest BCUT2D eigenvalue weighted by molar-refractivity contribution is 6.00. The maximum absolute atomic E-state index is 13.4. The van der Waals surface area contributed by atoms with Crippen LogP contribution < -0.4 is 48.7 Å². The Morgan fingerprint density at radius 1 is 0.507 bits per heavy atom. The maximum Gasteiger partial charge on any atom is 0.328 e. The zero-order valence-corrected chi connectivity index (χ0v) is 39.5. The van der Waals surface area contributed by atoms with Crippen LogP contribution in [0.5, 0.6) is 0 Å². The third kappa shape index (κ3) is 25.8. The van der Waals surface area contributed by atoms with Gasteiger partial charge in [0.2, 0.25) is 53.2 Å². The summed E-state index contributed by atoms with van der Waals surface area (Å²) in [6, 6.07) is -13.2. The molecule has 0 aromatic rings. The van der Waals surface area contributed by atoms with E-state index < -0.39 is 164 Å². The Hall–Kier alpha value is -6.03. The minimum absolute atomic E-state index is 0.187. The molecule has 0 saturated heterocycles. The van der Waals surface area contributed by atoms with Crippen LogP contribution in [0.1, 0.15) is 124 Å². The number of primary amides is 2. The molecule has 27 nitrogen and oxygen atoms in total. The Labute approximate surface area is 399 Å². The zero-order chi connectivity index (χ0) is 53.0. The number of aliphatic hydroxyl groups is 5. The molecule has 0 aliphatic carbocycles. The summed E-state index contributed by atoms with van der Waals surface area (Å²) in [6.07, 6.45) is 3.62. The molecular weight excluding hydrogens is 919 g/mol. The van der Waals surface area contributed by atoms with E-state index in [1.807, 2.05) is 26.6 Å². The van der Waals surface area contributed by atoms with E-state index in [-0.39, 0.29) is 6.42 Å². The van der Waals surface area contributed by atoms with E-state index in [0.717, 1.165) is 46.0 Å². The summed E-state index contributed by atoms with van der Waals surface area (Å²) in [7, 11) is 0. The van der Waals surface area contributed by atoms with E-state index in [1.165, 1.54) is 32.6 Å². The average Bonchev–Trinajstić information content (AvgIpc) is 3.25. The highest BCUT2D eigenvalue weighted by Gasteiger charge is 2.36. The number of nitrogens with two attached hydrogens (primary N) is 2. The molecule has 27 heteroatoms. The fourth-order valence-electron chi connectivity index (χ4n) is 6.51. The van der Waals surface area contributed by atoms with E-state index in [0.29, 0.717) is 6.42 Å². The van der Waals surface area contributed by atoms with E-state index >= 15 is 0 Å². The van der Waals surface area contributed by atoms with Crippen LogP contribution in [-0.4, -0.2) is 174 Å². The lowest BCUT2D eigenvalue weighted by atomic mass is 9.90. The number of carbonyl (C=O) groups excluding carboxylic acids is 9. The zero-order valence-electron chi connectivity index (χ0n) is 39.5. The number of amides is 9. The van der Waals surface area contributed by atoms with Crippen LogP contribution in [0.15, 0.2) is 0 Å². The van der Waals surface area contributed by atoms with Crippen molar-refractivity contribution in [1.29, 1.82) is 0 Å². The van der Waals surface area contributed by atoms with Crippen molar-refractivity contribution in [1.82, 2.24) is 37.2 Å². The SMILES string of the molecule is CCCCCCCCCCCCC(C)(O)C(O)CC(=O)NC(CO)C(=O)N[C@@H](C)C(=O)N[C@@H](CC(=O)O)C(=O)N[C@@H](CC(N)=O)C(=O)N[C@@H](CC(N)=O)C(=O)NC(CO)C(=O)N[C@H](C(=O)O)[C@@H](C)O. The van der Waals surface area contributed by atoms with Crippen molar-refractivity contribution in [2.24, 2.45) is 11.5 Å². The van der Waals surface area contributed by atoms with Gasteiger partial charge in [0.15, 0.2) is 6.04 Å². The van der Waals surface area contributed by atoms with Crippen molar-refractivity contribution in [3.8, 4) is 0 Å². The second kappa shape index (κ2) is 32.7. The summed E-state index contributed by atoms with van der Waals surface area (Å²) in [5.41, 5.74) is 8.77. The smallest absolute Gasteiger partial charge is 0.328 e. The van der Waals surface area contributed by atoms with Gasteiger partial charge in [0.25, 0.3) is 0 Å². The Morgan fingerprint density at radius 2 is 0.884 bits per heavy atom. The molecule has 0 aliphatic rings. The lowest BCUT2D eigenvalue weighted by molar-refractivity contribution is -0.145. The topological polar surface area (TPSA) is 466 Å². The largest absolute Gasteiger partial charge is 0.481 e. The molecule has 18 N–H and O–H groups in total. The van der Waals surface area contributed by atoms with Gasteiger partial charge in [-0.05, 0) is 27.2 Å². The Bertz CT molecular complexity index is 1750. The first kappa shape index (κ1) is 63.0. The van der Waals surface area contributed by atoms with Gasteiger partial charge in [-0.25, -0.2) is 4.79 Å². The lowest BCUT2D eigenvalue weighted by Crippen LogP contribution is -2.61. The third-order valence-electron chi connectivity index (χ3n) is 10.7. The summed E-state index contributed by atoms with van der Waals surface area (Å²) < 4.78 is 0. The molecule has 0 aromatic carbocycles. The molecule has 69 heavy (non-hydrogen) atoms. The number of nitrogens with one attached hydrogen (secondary N) is 7. The first-order valence-electron chi connectivity index (χ1n) is 22.6. The summed E-state index contributed by atoms with van der Waals surface area (Å²) in [6.45, 7) is 3.45. The van der Waals surface area contributed by atoms with Crippen LogP contribution in [0.2, 0.25) is 0 Å². The van der Waals surface area contributed by atoms with Crippen LogP contribution in [0.3, 0.4) is 0 Å². The Morgan fingerprint density at radius 3 is 1.29 bits per heavy atom. The number of carbonyl (C=O) groups is 11. The van der Waals surface area contributed by atoms with Gasteiger partial charge in [-0.3, -0.25) is 47.9 Å². The van der Waals surface area contributed by atoms with Gasteiger partial charge in [-0.15, -0.1) is 0 Å². The Kier molecular flexibility index (Phi) is 29.8. The fraction of sp³-hybridized carbons (Fsp3) is 0.738. The van der Waals surface area contributed by atoms with Crippen LogP contribution in [0.4, 0.5) is 0 Å². The second-order valence-corrected chi connectivity index (χ2v) is 17.0. The van der Waals surface area contributed by atoms with E-state index in [1.54, 1.807) is 0 Å². The fourth-order valence-corrected chi connectivity index (χ4v) is 6.51. The van der Waals surface area contributed by atoms with Gasteiger partial charge in [0, 0.05) is 0 Å². The van der Waals surface area contributed by atoms with Crippen molar-refractivity contribution in [3.63, 3.8) is 0 Å². The number of unbranched alkanes of at least 4 members (excludes halogenated alkanes) is 9. The van der Waals surface area contributed by atoms with Crippen molar-refractivity contribution in [2.45, 2.75) is 184 Å². The number of rotatable bonds is 37. The van der Waals surface area contributed by atoms with Gasteiger partial charge in [0.1, 0.15) is 36.3 Å². The monoisotopic (exact) mass is 992 g/mol. The number of carboxylic acid groups (broad SMARTS) is 2. The van der Waals surface area contributed by atoms with Crippen molar-refractivity contribution in [3.05, 3.63) is 0 Å². The number of carboxylic acids is 2. The molecule has 0 saturated carbocycles. The predicted octanol–water partition coefficient (Wildman–Crippen LogP) is -5.11. The molecule has 0 fully saturated rings. The van der Waals surface area contributed by atoms with Crippen molar-refractivity contribution in [2.75, 3.05) is 13.2 Å². The molecule has 394 valence electrons. The molecule has 0 aromatic heterocycles. The van der Waals surface area contributed by atoms with E-state index in [9.17, 15) is 88.5 Å². The summed E-state index contributed by atoms with van der Waals surface area (Å²) >= 11 is 0. The number of aliphatic hydroxyl groups excluding tert-OH is 4. The highest BCUT2D eigenvalue weighted by Crippen LogP contribution is 2.22. The number of aliphatic carboxylic acids is 2. The molecule has 0 spiro atoms. The van der Waals surface area contributed by atoms with Crippen LogP contribution >= 0.6 is 0 Å². The van der Waals surface area contributed by atoms with Crippen LogP contribution in [0, 0.1) is 0 Å². The minimum atomic E-state index is -2.06. The molecule has 0 aliphatic heterocycles. The standard InChI is InChI=1S/C42H73N9O18/c1-5-6-7-8-9-10-11-12-13-14-15-42(4,69)29(55)19-32(58)46-27(20-52)39(65)45-22(2)35(61)47-26(18-33(59)60)38(64)49-24(16-30(43)56)36(62)48-25(17-31(44)57)37(63)50-28(21-53)40(66)51-34(23(3)54)41(67)68/h22-29,34,52-55,69H,5-21H2,1-4H3,(H2,43,56)(H2,44,57)(H,45,65)(H,46,58)(H,47,61)(H,48,62)(H,49,64)(H,50,63)(H,51,66)(H,59,60)(H,67,68)/t22-,23+,24-,25-,26-,27?,28?,29?,34-,42?/m0/s1. The molecule has 4 unspecified atom stereocenters. The second-order valence-electron chi connectivity index (χ2n) is 17.0. The predicted molar refractivity (Wildman–Crippen MR) is 240 cm³/mol. The quantitative estimate of drug-likeness (QED) is 0.0259. The normalized spacial score (nSPS) is 15.9. The average molecular weight is 992 g/mol. The first-order chi connectivity index (χ1) is 32.2. The van der Waals surface area contributed by atoms with Crippen LogP contribution in [-0.2, 0) is 52.7 Å². The van der Waals surface area contributed by atoms with Gasteiger partial charge in [-0.1, -0.05) is 71.1 Å². The summed E-state index contributed by atoms with van der Waals surface area (Å²) in [4.78, 5) is 138. The van der Waals surface area contributed by atoms with Gasteiger partial charge in [-0.2, -0.15) is 0 Å². The minimum Gasteiger partial charge on any atom is -0.481 e. The molecular formula is C42H73N9O18. The van der Waals surface area contributed by atoms with Crippen LogP contribution in [0.25, 0.3) is 0 Å². The third-order valence-corrected chi connectivity index (χ3v) is 10.7. The molecule has 0 radical (unpaired) electrons. The van der Waals surface area contributed by atoms with Gasteiger partial charge < -0.3 is 84.4 Å². The molecule has 10 atom stereocenters. The van der Waals surface area contributed by atoms with Crippen molar-refractivity contribution < 1.29 is 88.5 Å². The summed E-state index contributed by atoms with van der Waals surface area (Å²) in [5.74, 6) is -14.7. The first-order valence-corrected chi connectivity index (χ1v) is 22.6. The number of hydrogen-bond acceptors (Lipinski definition) is 16. The molecule has 0 rings (SSSR count). The van der Waals surface area contributed by atoms with E-state index in [4.69, 9.17) is 11.5 Å². The molecule has 0 heterocycles. The lowest BCUT2D eigenvalue weighted by Gasteiger charge is -2.29. The summed E-state index contributed by atoms with van der Waals surface area (Å²) in [5, 5.41) is 83.5. The molecule has 0 bridgehead atoms. The molecule has 9 amide bonds. The van der Waals surface area contributed by atoms with Crippen molar-refractivity contribution >= 4 is 65.1 Å². The highest BCUT2D eigenvalue weighted by atomic mass is 16.4. The van der Waals surface area contributed by atoms with Gasteiger partial charge in [0.05, 0.1) is 56.7 Å². The van der Waals surface area contributed by atoms with E-state index in [2.05, 4.69) is 17.6 Å². The Balaban J connectivity index is 5.73. The maximum atomic E-state index is 13.4. The van der Waals surface area contributed by atoms with Gasteiger partial charge >= 0.3 is 11.9 Å². The number of hydrogen-bond donors (Lipinski definition) is 16.